The summed E-state index contributed by atoms with van der Waals surface area (Å²) >= 11 is 0. The first kappa shape index (κ1) is 32.2. The Morgan fingerprint density at radius 1 is 0.646 bits per heavy atom. The third-order valence-corrected chi connectivity index (χ3v) is 10.5. The monoisotopic (exact) mass is 638 g/mol. The van der Waals surface area contributed by atoms with Gasteiger partial charge in [0.2, 0.25) is 0 Å². The molecule has 0 fully saturated rings. The van der Waals surface area contributed by atoms with Crippen molar-refractivity contribution >= 4 is 16.8 Å². The topological polar surface area (TPSA) is 36.9 Å². The van der Waals surface area contributed by atoms with Gasteiger partial charge in [0.1, 0.15) is 11.5 Å². The van der Waals surface area contributed by atoms with Gasteiger partial charge < -0.3 is 18.9 Å². The van der Waals surface area contributed by atoms with Crippen molar-refractivity contribution in [3.63, 3.8) is 0 Å². The minimum absolute atomic E-state index is 0.214. The Hall–Kier alpha value is -4.38. The van der Waals surface area contributed by atoms with Crippen LogP contribution in [0.15, 0.2) is 91.0 Å². The SMILES string of the molecule is COCCCC1(CCCOC)c2cc(C)ccc2-c2c1c1c(c3cc(C)ccc23)OC(c2ccc(C)cc2)(c2ccc(OC)cc2)C=C1. The van der Waals surface area contributed by atoms with Gasteiger partial charge in [-0.1, -0.05) is 89.5 Å². The highest BCUT2D eigenvalue weighted by molar-refractivity contribution is 6.08. The molecule has 2 aliphatic rings. The Balaban J connectivity index is 1.55. The first-order chi connectivity index (χ1) is 23.3. The van der Waals surface area contributed by atoms with Gasteiger partial charge in [0.15, 0.2) is 5.60 Å². The molecule has 1 unspecified atom stereocenters. The molecule has 246 valence electrons. The fraction of sp³-hybridized carbons (Fsp3) is 0.318. The Bertz CT molecular complexity index is 1980. The third kappa shape index (κ3) is 5.23. The van der Waals surface area contributed by atoms with E-state index >= 15 is 0 Å². The molecule has 1 aliphatic heterocycles. The van der Waals surface area contributed by atoms with Crippen LogP contribution in [0.3, 0.4) is 0 Å². The molecule has 0 amide bonds. The zero-order valence-corrected chi connectivity index (χ0v) is 29.1. The highest BCUT2D eigenvalue weighted by Gasteiger charge is 2.48. The average Bonchev–Trinajstić information content (AvgIpc) is 3.38. The molecule has 5 aromatic rings. The molecule has 1 atom stereocenters. The normalized spacial score (nSPS) is 17.1. The Morgan fingerprint density at radius 3 is 1.90 bits per heavy atom. The number of hydrogen-bond donors (Lipinski definition) is 0. The van der Waals surface area contributed by atoms with Crippen molar-refractivity contribution in [1.29, 1.82) is 0 Å². The fourth-order valence-corrected chi connectivity index (χ4v) is 8.24. The summed E-state index contributed by atoms with van der Waals surface area (Å²) in [4.78, 5) is 0. The van der Waals surface area contributed by atoms with Crippen molar-refractivity contribution in [2.45, 2.75) is 57.5 Å². The van der Waals surface area contributed by atoms with E-state index in [1.165, 1.54) is 49.9 Å². The fourth-order valence-electron chi connectivity index (χ4n) is 8.24. The number of ether oxygens (including phenoxy) is 4. The van der Waals surface area contributed by atoms with Crippen molar-refractivity contribution in [3.05, 3.63) is 136 Å². The van der Waals surface area contributed by atoms with Crippen LogP contribution in [0.1, 0.15) is 70.2 Å². The van der Waals surface area contributed by atoms with E-state index in [1.807, 2.05) is 12.1 Å². The number of benzene rings is 5. The van der Waals surface area contributed by atoms with Crippen LogP contribution in [-0.2, 0) is 20.5 Å². The highest BCUT2D eigenvalue weighted by Crippen LogP contribution is 2.61. The lowest BCUT2D eigenvalue weighted by Crippen LogP contribution is -2.35. The number of methoxy groups -OCH3 is 3. The lowest BCUT2D eigenvalue weighted by Gasteiger charge is -2.40. The van der Waals surface area contributed by atoms with Crippen LogP contribution >= 0.6 is 0 Å². The summed E-state index contributed by atoms with van der Waals surface area (Å²) in [5, 5.41) is 2.39. The van der Waals surface area contributed by atoms with Gasteiger partial charge in [-0.2, -0.15) is 0 Å². The van der Waals surface area contributed by atoms with Gasteiger partial charge in [-0.15, -0.1) is 0 Å². The molecule has 7 rings (SSSR count). The van der Waals surface area contributed by atoms with Crippen molar-refractivity contribution < 1.29 is 18.9 Å². The molecule has 4 heteroatoms. The van der Waals surface area contributed by atoms with E-state index in [4.69, 9.17) is 18.9 Å². The van der Waals surface area contributed by atoms with Gasteiger partial charge in [0, 0.05) is 54.9 Å². The van der Waals surface area contributed by atoms with Crippen molar-refractivity contribution in [2.75, 3.05) is 34.5 Å². The summed E-state index contributed by atoms with van der Waals surface area (Å²) in [6.45, 7) is 7.95. The van der Waals surface area contributed by atoms with Crippen molar-refractivity contribution in [1.82, 2.24) is 0 Å². The third-order valence-electron chi connectivity index (χ3n) is 10.5. The van der Waals surface area contributed by atoms with Gasteiger partial charge >= 0.3 is 0 Å². The van der Waals surface area contributed by atoms with E-state index in [1.54, 1.807) is 21.3 Å². The summed E-state index contributed by atoms with van der Waals surface area (Å²) in [5.74, 6) is 1.76. The molecule has 1 aliphatic carbocycles. The number of hydrogen-bond acceptors (Lipinski definition) is 4. The van der Waals surface area contributed by atoms with Gasteiger partial charge in [-0.3, -0.25) is 0 Å². The first-order valence-corrected chi connectivity index (χ1v) is 17.2. The van der Waals surface area contributed by atoms with Crippen LogP contribution in [0.25, 0.3) is 28.0 Å². The minimum Gasteiger partial charge on any atom is -0.497 e. The quantitative estimate of drug-likeness (QED) is 0.135. The largest absolute Gasteiger partial charge is 0.497 e. The predicted molar refractivity (Wildman–Crippen MR) is 196 cm³/mol. The van der Waals surface area contributed by atoms with Gasteiger partial charge in [0.05, 0.1) is 7.11 Å². The number of fused-ring (bicyclic) bond motifs is 8. The van der Waals surface area contributed by atoms with E-state index in [9.17, 15) is 0 Å². The van der Waals surface area contributed by atoms with Crippen LogP contribution in [0.2, 0.25) is 0 Å². The maximum absolute atomic E-state index is 7.59. The molecule has 0 spiro atoms. The Kier molecular flexibility index (Phi) is 8.66. The maximum Gasteiger partial charge on any atom is 0.178 e. The van der Waals surface area contributed by atoms with Crippen LogP contribution in [-0.4, -0.2) is 34.5 Å². The second-order valence-electron chi connectivity index (χ2n) is 13.6. The molecule has 0 saturated carbocycles. The van der Waals surface area contributed by atoms with Crippen molar-refractivity contribution in [3.8, 4) is 22.6 Å². The minimum atomic E-state index is -0.825. The van der Waals surface area contributed by atoms with Gasteiger partial charge in [0.25, 0.3) is 0 Å². The van der Waals surface area contributed by atoms with Gasteiger partial charge in [-0.05, 0) is 98.4 Å². The van der Waals surface area contributed by atoms with E-state index < -0.39 is 5.60 Å². The average molecular weight is 639 g/mol. The van der Waals surface area contributed by atoms with Crippen LogP contribution < -0.4 is 9.47 Å². The smallest absolute Gasteiger partial charge is 0.178 e. The van der Waals surface area contributed by atoms with E-state index in [0.29, 0.717) is 0 Å². The van der Waals surface area contributed by atoms with Crippen LogP contribution in [0.5, 0.6) is 11.5 Å². The molecule has 4 nitrogen and oxygen atoms in total. The number of rotatable bonds is 11. The molecule has 5 aromatic carbocycles. The molecular weight excluding hydrogens is 592 g/mol. The predicted octanol–water partition coefficient (Wildman–Crippen LogP) is 10.2. The lowest BCUT2D eigenvalue weighted by molar-refractivity contribution is 0.162. The molecule has 1 heterocycles. The van der Waals surface area contributed by atoms with Crippen LogP contribution in [0, 0.1) is 20.8 Å². The summed E-state index contributed by atoms with van der Waals surface area (Å²) in [5.41, 5.74) is 11.5. The molecule has 48 heavy (non-hydrogen) atoms. The van der Waals surface area contributed by atoms with Crippen molar-refractivity contribution in [2.24, 2.45) is 0 Å². The Labute approximate surface area is 285 Å². The second kappa shape index (κ2) is 12.9. The summed E-state index contributed by atoms with van der Waals surface area (Å²) in [6, 6.07) is 31.0. The molecular formula is C44H46O4. The zero-order valence-electron chi connectivity index (χ0n) is 29.1. The lowest BCUT2D eigenvalue weighted by atomic mass is 9.68. The molecule has 0 aromatic heterocycles. The van der Waals surface area contributed by atoms with E-state index in [2.05, 4.69) is 106 Å². The summed E-state index contributed by atoms with van der Waals surface area (Å²) < 4.78 is 24.4. The zero-order chi connectivity index (χ0) is 33.5. The van der Waals surface area contributed by atoms with Crippen LogP contribution in [0.4, 0.5) is 0 Å². The standard InChI is InChI=1S/C44H46O4/c1-29-9-13-32(14-10-29)44(33-15-17-34(47-6)18-16-33)24-21-37-41-40(35-19-11-30(2)27-38(35)42(37)48-44)36-20-12-31(3)28-39(36)43(41,22-7-25-45-4)23-8-26-46-5/h9-21,24,27-28H,7-8,22-23,25-26H2,1-6H3. The summed E-state index contributed by atoms with van der Waals surface area (Å²) in [7, 11) is 5.31. The second-order valence-corrected chi connectivity index (χ2v) is 13.6. The number of aryl methyl sites for hydroxylation is 3. The molecule has 0 bridgehead atoms. The highest BCUT2D eigenvalue weighted by atomic mass is 16.5. The molecule has 0 saturated heterocycles. The molecule has 0 N–H and O–H groups in total. The summed E-state index contributed by atoms with van der Waals surface area (Å²) in [6.07, 6.45) is 8.53. The first-order valence-electron chi connectivity index (χ1n) is 17.2. The maximum atomic E-state index is 7.59. The molecule has 0 radical (unpaired) electrons. The van der Waals surface area contributed by atoms with E-state index in [0.717, 1.165) is 66.9 Å². The van der Waals surface area contributed by atoms with E-state index in [-0.39, 0.29) is 5.41 Å². The Morgan fingerprint density at radius 2 is 1.25 bits per heavy atom. The van der Waals surface area contributed by atoms with Gasteiger partial charge in [-0.25, -0.2) is 0 Å².